The largest absolute Gasteiger partial charge is 0.370 e. The molecule has 0 aliphatic carbocycles. The average Bonchev–Trinajstić information content (AvgIpc) is 2.27. The van der Waals surface area contributed by atoms with Crippen molar-refractivity contribution in [2.24, 2.45) is 11.5 Å². The number of carbonyl (C=O) groups excluding carboxylic acids is 2. The molecule has 3 amide bonds. The molecule has 122 valence electrons. The van der Waals surface area contributed by atoms with Crippen molar-refractivity contribution in [3.63, 3.8) is 0 Å². The number of carbonyl (C=O) groups is 2. The average molecular weight is 348 g/mol. The van der Waals surface area contributed by atoms with Crippen LogP contribution in [-0.2, 0) is 0 Å². The Balaban J connectivity index is 0.00000441. The van der Waals surface area contributed by atoms with Crippen molar-refractivity contribution in [2.45, 2.75) is 26.3 Å². The zero-order chi connectivity index (χ0) is 16.4. The van der Waals surface area contributed by atoms with Crippen molar-refractivity contribution in [3.05, 3.63) is 28.8 Å². The number of primary amides is 1. The molecule has 1 rings (SSSR count). The van der Waals surface area contributed by atoms with E-state index < -0.39 is 23.4 Å². The number of benzene rings is 1. The van der Waals surface area contributed by atoms with Crippen LogP contribution in [0.1, 0.15) is 31.1 Å². The summed E-state index contributed by atoms with van der Waals surface area (Å²) in [6, 6.07) is 3.74. The minimum Gasteiger partial charge on any atom is -0.370 e. The molecular weight excluding hydrogens is 329 g/mol. The van der Waals surface area contributed by atoms with E-state index in [-0.39, 0.29) is 23.7 Å². The quantitative estimate of drug-likeness (QED) is 0.483. The van der Waals surface area contributed by atoms with Crippen molar-refractivity contribution in [3.8, 4) is 0 Å². The smallest absolute Gasteiger partial charge is 0.319 e. The lowest BCUT2D eigenvalue weighted by atomic mass is 10.0. The van der Waals surface area contributed by atoms with E-state index in [0.29, 0.717) is 5.02 Å². The van der Waals surface area contributed by atoms with Gasteiger partial charge in [-0.3, -0.25) is 20.4 Å². The van der Waals surface area contributed by atoms with Gasteiger partial charge >= 0.3 is 6.03 Å². The van der Waals surface area contributed by atoms with Crippen LogP contribution in [0, 0.1) is 5.41 Å². The molecule has 0 bridgehead atoms. The van der Waals surface area contributed by atoms with Crippen LogP contribution in [0.3, 0.4) is 0 Å². The van der Waals surface area contributed by atoms with Gasteiger partial charge in [-0.15, -0.1) is 12.4 Å². The van der Waals surface area contributed by atoms with Crippen LogP contribution in [0.25, 0.3) is 0 Å². The Hall–Kier alpha value is -1.99. The van der Waals surface area contributed by atoms with Crippen molar-refractivity contribution in [1.29, 1.82) is 5.41 Å². The number of guanidine groups is 1. The first-order valence-corrected chi connectivity index (χ1v) is 6.46. The molecule has 9 heteroatoms. The molecule has 22 heavy (non-hydrogen) atoms. The Morgan fingerprint density at radius 3 is 2.23 bits per heavy atom. The zero-order valence-electron chi connectivity index (χ0n) is 12.4. The summed E-state index contributed by atoms with van der Waals surface area (Å²) in [5, 5.41) is 9.59. The van der Waals surface area contributed by atoms with Gasteiger partial charge in [0.25, 0.3) is 5.91 Å². The van der Waals surface area contributed by atoms with Crippen LogP contribution in [-0.4, -0.2) is 23.4 Å². The third-order valence-electron chi connectivity index (χ3n) is 2.58. The number of hydrogen-bond donors (Lipinski definition) is 4. The lowest BCUT2D eigenvalue weighted by Gasteiger charge is -2.35. The summed E-state index contributed by atoms with van der Waals surface area (Å²) in [4.78, 5) is 25.1. The second kappa shape index (κ2) is 7.33. The fourth-order valence-corrected chi connectivity index (χ4v) is 2.06. The summed E-state index contributed by atoms with van der Waals surface area (Å²) in [6.07, 6.45) is 0. The van der Waals surface area contributed by atoms with Gasteiger partial charge in [-0.1, -0.05) is 11.6 Å². The number of nitrogens with zero attached hydrogens (tertiary/aromatic N) is 1. The van der Waals surface area contributed by atoms with Crippen LogP contribution >= 0.6 is 24.0 Å². The first-order chi connectivity index (χ1) is 9.54. The van der Waals surface area contributed by atoms with Crippen LogP contribution in [0.2, 0.25) is 5.02 Å². The third kappa shape index (κ3) is 4.78. The topological polar surface area (TPSA) is 125 Å². The SMILES string of the molecule is CC(C)(C)N(C(N)=O)c1ccc(Cl)cc1C(=O)NC(=N)N.Cl. The zero-order valence-corrected chi connectivity index (χ0v) is 14.0. The van der Waals surface area contributed by atoms with Gasteiger partial charge in [0.1, 0.15) is 0 Å². The molecule has 0 aromatic heterocycles. The summed E-state index contributed by atoms with van der Waals surface area (Å²) >= 11 is 5.90. The van der Waals surface area contributed by atoms with E-state index in [2.05, 4.69) is 5.32 Å². The highest BCUT2D eigenvalue weighted by Gasteiger charge is 2.30. The Morgan fingerprint density at radius 1 is 1.27 bits per heavy atom. The number of nitrogens with two attached hydrogens (primary N) is 2. The Bertz CT molecular complexity index is 599. The molecule has 0 aliphatic rings. The molecule has 1 aromatic carbocycles. The molecule has 7 nitrogen and oxygen atoms in total. The molecule has 0 radical (unpaired) electrons. The van der Waals surface area contributed by atoms with Crippen LogP contribution in [0.5, 0.6) is 0 Å². The normalized spacial score (nSPS) is 10.4. The van der Waals surface area contributed by atoms with Gasteiger partial charge in [-0.25, -0.2) is 4.79 Å². The van der Waals surface area contributed by atoms with Gasteiger partial charge in [0.05, 0.1) is 11.3 Å². The predicted octanol–water partition coefficient (Wildman–Crippen LogP) is 2.07. The Morgan fingerprint density at radius 2 is 1.82 bits per heavy atom. The molecule has 0 saturated heterocycles. The molecule has 0 unspecified atom stereocenters. The van der Waals surface area contributed by atoms with Gasteiger partial charge < -0.3 is 11.5 Å². The summed E-state index contributed by atoms with van der Waals surface area (Å²) in [5.74, 6) is -1.15. The summed E-state index contributed by atoms with van der Waals surface area (Å²) in [6.45, 7) is 5.33. The number of hydrogen-bond acceptors (Lipinski definition) is 3. The first kappa shape index (κ1) is 20.0. The van der Waals surface area contributed by atoms with Gasteiger partial charge in [0.15, 0.2) is 5.96 Å². The lowest BCUT2D eigenvalue weighted by molar-refractivity contribution is 0.0977. The molecule has 0 heterocycles. The minimum atomic E-state index is -0.707. The molecule has 6 N–H and O–H groups in total. The van der Waals surface area contributed by atoms with Gasteiger partial charge in [-0.05, 0) is 39.0 Å². The van der Waals surface area contributed by atoms with Gasteiger partial charge in [0, 0.05) is 10.6 Å². The Kier molecular flexibility index (Phi) is 6.66. The number of rotatable bonds is 2. The van der Waals surface area contributed by atoms with Gasteiger partial charge in [-0.2, -0.15) is 0 Å². The van der Waals surface area contributed by atoms with E-state index in [4.69, 9.17) is 28.5 Å². The molecule has 0 fully saturated rings. The van der Waals surface area contributed by atoms with Crippen LogP contribution in [0.4, 0.5) is 10.5 Å². The number of nitrogens with one attached hydrogen (secondary N) is 2. The van der Waals surface area contributed by atoms with Crippen molar-refractivity contribution >= 4 is 47.6 Å². The fourth-order valence-electron chi connectivity index (χ4n) is 1.89. The second-order valence-electron chi connectivity index (χ2n) is 5.37. The second-order valence-corrected chi connectivity index (χ2v) is 5.81. The fraction of sp³-hybridized carbons (Fsp3) is 0.308. The standard InChI is InChI=1S/C13H18ClN5O2.ClH/c1-13(2,3)19(12(17)21)9-5-4-7(14)6-8(9)10(20)18-11(15)16;/h4-6H,1-3H3,(H2,17,21)(H4,15,16,18,20);1H. The van der Waals surface area contributed by atoms with E-state index in [1.165, 1.54) is 17.0 Å². The van der Waals surface area contributed by atoms with E-state index in [1.807, 2.05) is 0 Å². The molecule has 0 spiro atoms. The lowest BCUT2D eigenvalue weighted by Crippen LogP contribution is -2.49. The predicted molar refractivity (Wildman–Crippen MR) is 89.9 cm³/mol. The van der Waals surface area contributed by atoms with Crippen molar-refractivity contribution in [2.75, 3.05) is 4.90 Å². The molecule has 0 atom stereocenters. The summed E-state index contributed by atoms with van der Waals surface area (Å²) < 4.78 is 0. The molecular formula is C13H19Cl2N5O2. The van der Waals surface area contributed by atoms with Crippen molar-refractivity contribution < 1.29 is 9.59 Å². The first-order valence-electron chi connectivity index (χ1n) is 6.08. The number of amides is 3. The molecule has 0 saturated carbocycles. The third-order valence-corrected chi connectivity index (χ3v) is 2.82. The highest BCUT2D eigenvalue weighted by atomic mass is 35.5. The maximum atomic E-state index is 12.1. The highest BCUT2D eigenvalue weighted by molar-refractivity contribution is 6.31. The molecule has 1 aromatic rings. The van der Waals surface area contributed by atoms with E-state index >= 15 is 0 Å². The number of urea groups is 1. The van der Waals surface area contributed by atoms with E-state index in [9.17, 15) is 9.59 Å². The minimum absolute atomic E-state index is 0. The van der Waals surface area contributed by atoms with Gasteiger partial charge in [0.2, 0.25) is 0 Å². The number of anilines is 1. The maximum absolute atomic E-state index is 12.1. The van der Waals surface area contributed by atoms with E-state index in [0.717, 1.165) is 0 Å². The summed E-state index contributed by atoms with van der Waals surface area (Å²) in [7, 11) is 0. The summed E-state index contributed by atoms with van der Waals surface area (Å²) in [5.41, 5.74) is 10.3. The van der Waals surface area contributed by atoms with E-state index in [1.54, 1.807) is 26.8 Å². The maximum Gasteiger partial charge on any atom is 0.319 e. The Labute approximate surface area is 139 Å². The monoisotopic (exact) mass is 347 g/mol. The highest BCUT2D eigenvalue weighted by Crippen LogP contribution is 2.29. The molecule has 0 aliphatic heterocycles. The van der Waals surface area contributed by atoms with Crippen LogP contribution in [0.15, 0.2) is 18.2 Å². The number of halogens is 2. The van der Waals surface area contributed by atoms with Crippen molar-refractivity contribution in [1.82, 2.24) is 5.32 Å². The van der Waals surface area contributed by atoms with Crippen LogP contribution < -0.4 is 21.7 Å².